The number of aliphatic hydroxyl groups excluding tert-OH is 2. The van der Waals surface area contributed by atoms with Gasteiger partial charge in [-0.05, 0) is 89.9 Å². The van der Waals surface area contributed by atoms with E-state index in [9.17, 15) is 15.0 Å². The maximum atomic E-state index is 12.5. The molecule has 0 aromatic carbocycles. The van der Waals surface area contributed by atoms with Crippen molar-refractivity contribution in [2.45, 2.75) is 276 Å². The maximum Gasteiger partial charge on any atom is 0.220 e. The van der Waals surface area contributed by atoms with Gasteiger partial charge in [0.15, 0.2) is 0 Å². The number of carbonyl (C=O) groups excluding carboxylic acids is 1. The van der Waals surface area contributed by atoms with Gasteiger partial charge in [-0.3, -0.25) is 4.79 Å². The molecule has 0 aromatic rings. The lowest BCUT2D eigenvalue weighted by molar-refractivity contribution is -0.123. The van der Waals surface area contributed by atoms with Crippen molar-refractivity contribution in [2.24, 2.45) is 0 Å². The molecule has 0 saturated carbocycles. The first kappa shape index (κ1) is 65.8. The van der Waals surface area contributed by atoms with E-state index >= 15 is 0 Å². The summed E-state index contributed by atoms with van der Waals surface area (Å²) in [6.07, 6.45) is 90.4. The van der Waals surface area contributed by atoms with Crippen molar-refractivity contribution < 1.29 is 15.0 Å². The van der Waals surface area contributed by atoms with Crippen LogP contribution in [-0.4, -0.2) is 34.9 Å². The summed E-state index contributed by atoms with van der Waals surface area (Å²) in [5.41, 5.74) is 0. The van der Waals surface area contributed by atoms with Gasteiger partial charge in [0, 0.05) is 6.42 Å². The van der Waals surface area contributed by atoms with Crippen molar-refractivity contribution in [1.82, 2.24) is 5.32 Å². The quantitative estimate of drug-likeness (QED) is 0.0420. The third kappa shape index (κ3) is 55.6. The van der Waals surface area contributed by atoms with E-state index in [0.29, 0.717) is 12.8 Å². The minimum Gasteiger partial charge on any atom is -0.394 e. The zero-order chi connectivity index (χ0) is 49.9. The van der Waals surface area contributed by atoms with Gasteiger partial charge >= 0.3 is 0 Å². The number of allylic oxidation sites excluding steroid dienone is 20. The summed E-state index contributed by atoms with van der Waals surface area (Å²) in [5.74, 6) is -0.0393. The van der Waals surface area contributed by atoms with Gasteiger partial charge in [-0.25, -0.2) is 0 Å². The van der Waals surface area contributed by atoms with Crippen molar-refractivity contribution in [2.75, 3.05) is 6.61 Å². The molecule has 0 radical (unpaired) electrons. The van der Waals surface area contributed by atoms with E-state index in [-0.39, 0.29) is 12.5 Å². The fourth-order valence-corrected chi connectivity index (χ4v) is 8.33. The number of aliphatic hydroxyl groups is 2. The van der Waals surface area contributed by atoms with E-state index in [1.54, 1.807) is 0 Å². The van der Waals surface area contributed by atoms with Gasteiger partial charge in [-0.1, -0.05) is 289 Å². The van der Waals surface area contributed by atoms with Crippen LogP contribution in [0.3, 0.4) is 0 Å². The minimum atomic E-state index is -0.668. The average Bonchev–Trinajstić information content (AvgIpc) is 3.35. The summed E-state index contributed by atoms with van der Waals surface area (Å²) in [6.45, 7) is 4.25. The molecule has 2 unspecified atom stereocenters. The van der Waals surface area contributed by atoms with Crippen LogP contribution >= 0.6 is 0 Å². The van der Waals surface area contributed by atoms with Gasteiger partial charge in [-0.15, -0.1) is 0 Å². The molecule has 69 heavy (non-hydrogen) atoms. The third-order valence-corrected chi connectivity index (χ3v) is 12.7. The molecule has 0 aromatic heterocycles. The van der Waals surface area contributed by atoms with Crippen LogP contribution in [0.5, 0.6) is 0 Å². The van der Waals surface area contributed by atoms with Crippen LogP contribution < -0.4 is 5.32 Å². The summed E-state index contributed by atoms with van der Waals surface area (Å²) in [5, 5.41) is 23.3. The Kier molecular flexibility index (Phi) is 56.4. The number of hydrogen-bond donors (Lipinski definition) is 3. The molecule has 0 aliphatic rings. The largest absolute Gasteiger partial charge is 0.394 e. The highest BCUT2D eigenvalue weighted by Crippen LogP contribution is 2.16. The molecular weight excluding hydrogens is 843 g/mol. The summed E-state index contributed by atoms with van der Waals surface area (Å²) in [4.78, 5) is 12.5. The van der Waals surface area contributed by atoms with Crippen LogP contribution in [0.15, 0.2) is 122 Å². The lowest BCUT2D eigenvalue weighted by Crippen LogP contribution is -2.45. The van der Waals surface area contributed by atoms with Crippen LogP contribution in [0.4, 0.5) is 0 Å². The van der Waals surface area contributed by atoms with E-state index in [0.717, 1.165) is 89.9 Å². The topological polar surface area (TPSA) is 69.6 Å². The molecular formula is C65H111NO3. The van der Waals surface area contributed by atoms with Crippen molar-refractivity contribution in [3.8, 4) is 0 Å². The van der Waals surface area contributed by atoms with Gasteiger partial charge in [0.1, 0.15) is 0 Å². The average molecular weight is 955 g/mol. The monoisotopic (exact) mass is 954 g/mol. The Morgan fingerprint density at radius 1 is 0.362 bits per heavy atom. The van der Waals surface area contributed by atoms with Gasteiger partial charge in [0.2, 0.25) is 5.91 Å². The molecule has 4 nitrogen and oxygen atoms in total. The van der Waals surface area contributed by atoms with Crippen molar-refractivity contribution in [3.63, 3.8) is 0 Å². The summed E-state index contributed by atoms with van der Waals surface area (Å²) >= 11 is 0. The molecule has 1 amide bonds. The van der Waals surface area contributed by atoms with Gasteiger partial charge in [0.25, 0.3) is 0 Å². The number of nitrogens with one attached hydrogen (secondary N) is 1. The molecule has 394 valence electrons. The molecule has 2 atom stereocenters. The second kappa shape index (κ2) is 59.1. The number of hydrogen-bond acceptors (Lipinski definition) is 3. The molecule has 0 aliphatic heterocycles. The lowest BCUT2D eigenvalue weighted by Gasteiger charge is -2.22. The maximum absolute atomic E-state index is 12.5. The fraction of sp³-hybridized carbons (Fsp3) is 0.677. The Hall–Kier alpha value is -3.21. The van der Waals surface area contributed by atoms with Crippen molar-refractivity contribution >= 4 is 5.91 Å². The molecule has 0 fully saturated rings. The third-order valence-electron chi connectivity index (χ3n) is 12.7. The summed E-state index contributed by atoms with van der Waals surface area (Å²) in [7, 11) is 0. The zero-order valence-corrected chi connectivity index (χ0v) is 45.3. The predicted molar refractivity (Wildman–Crippen MR) is 308 cm³/mol. The van der Waals surface area contributed by atoms with E-state index in [4.69, 9.17) is 0 Å². The molecule has 0 saturated heterocycles. The number of rotatable bonds is 52. The Balaban J connectivity index is 3.58. The fourth-order valence-electron chi connectivity index (χ4n) is 8.33. The van der Waals surface area contributed by atoms with Crippen LogP contribution in [-0.2, 0) is 4.79 Å². The lowest BCUT2D eigenvalue weighted by atomic mass is 10.0. The van der Waals surface area contributed by atoms with Crippen LogP contribution in [0.1, 0.15) is 264 Å². The zero-order valence-electron chi connectivity index (χ0n) is 45.3. The minimum absolute atomic E-state index is 0.0393. The number of unbranched alkanes of at least 4 members (excludes halogenated alkanes) is 25. The highest BCUT2D eigenvalue weighted by Gasteiger charge is 2.20. The summed E-state index contributed by atoms with van der Waals surface area (Å²) < 4.78 is 0. The van der Waals surface area contributed by atoms with E-state index in [1.807, 2.05) is 0 Å². The highest BCUT2D eigenvalue weighted by atomic mass is 16.3. The first-order valence-electron chi connectivity index (χ1n) is 29.2. The van der Waals surface area contributed by atoms with Crippen molar-refractivity contribution in [1.29, 1.82) is 0 Å². The molecule has 0 aliphatic carbocycles. The molecule has 0 bridgehead atoms. The van der Waals surface area contributed by atoms with Gasteiger partial charge < -0.3 is 15.5 Å². The smallest absolute Gasteiger partial charge is 0.220 e. The first-order chi connectivity index (χ1) is 34.2. The van der Waals surface area contributed by atoms with Crippen LogP contribution in [0, 0.1) is 0 Å². The number of amides is 1. The van der Waals surface area contributed by atoms with Gasteiger partial charge in [-0.2, -0.15) is 0 Å². The SMILES string of the molecule is CC/C=C\C/C=C\C/C=C\C/C=C\C/C=C\C/C=C\C/C=C\C/C=C\C/C=C\C/C=C\CCCCCCCCCCCCC(=O)NC(CO)C(O)CCCCCCCCCCCCCCCCCC. The molecule has 0 spiro atoms. The molecule has 3 N–H and O–H groups in total. The number of carbonyl (C=O) groups is 1. The molecule has 0 heterocycles. The Bertz CT molecular complexity index is 1360. The van der Waals surface area contributed by atoms with E-state index in [2.05, 4.69) is 141 Å². The van der Waals surface area contributed by atoms with Crippen LogP contribution in [0.2, 0.25) is 0 Å². The van der Waals surface area contributed by atoms with Gasteiger partial charge in [0.05, 0.1) is 18.8 Å². The second-order valence-electron chi connectivity index (χ2n) is 19.3. The standard InChI is InChI=1S/C65H111NO3/c1-3-5-7-9-11-13-15-17-19-21-22-23-24-25-26-27-28-29-30-31-32-33-34-35-36-37-38-39-40-41-42-43-44-45-47-49-51-53-55-57-59-61-65(69)66-63(62-67)64(68)60-58-56-54-52-50-48-46-20-18-16-14-12-10-8-6-4-2/h5,7,11,13,17,19,22-23,25-26,28-29,31-32,34-35,37-38,40-41,63-64,67-68H,3-4,6,8-10,12,14-16,18,20-21,24,27,30,33,36,39,42-62H2,1-2H3,(H,66,69)/b7-5-,13-11-,19-17-,23-22-,26-25-,29-28-,32-31-,35-34-,38-37-,41-40-. The van der Waals surface area contributed by atoms with Crippen molar-refractivity contribution in [3.05, 3.63) is 122 Å². The van der Waals surface area contributed by atoms with E-state index in [1.165, 1.54) is 148 Å². The highest BCUT2D eigenvalue weighted by molar-refractivity contribution is 5.76. The first-order valence-corrected chi connectivity index (χ1v) is 29.2. The Morgan fingerprint density at radius 3 is 0.957 bits per heavy atom. The Morgan fingerprint density at radius 2 is 0.638 bits per heavy atom. The second-order valence-corrected chi connectivity index (χ2v) is 19.3. The molecule has 4 heteroatoms. The molecule has 0 rings (SSSR count). The van der Waals surface area contributed by atoms with Crippen LogP contribution in [0.25, 0.3) is 0 Å². The normalized spacial score (nSPS) is 13.7. The predicted octanol–water partition coefficient (Wildman–Crippen LogP) is 19.6. The van der Waals surface area contributed by atoms with E-state index < -0.39 is 12.1 Å². The Labute approximate surface area is 428 Å². The summed E-state index contributed by atoms with van der Waals surface area (Å²) in [6, 6.07) is -0.546.